The SMILES string of the molecule is C.CC(C)OP(=O)(O)O.CC(C)OS(C)(=O)=O. The highest BCUT2D eigenvalue weighted by molar-refractivity contribution is 7.86. The van der Waals surface area contributed by atoms with Gasteiger partial charge in [0.1, 0.15) is 0 Å². The Balaban J connectivity index is -0.000000218. The van der Waals surface area contributed by atoms with E-state index in [0.29, 0.717) is 0 Å². The minimum absolute atomic E-state index is 0. The molecule has 0 aromatic rings. The van der Waals surface area contributed by atoms with Crippen molar-refractivity contribution >= 4 is 17.9 Å². The van der Waals surface area contributed by atoms with E-state index in [1.165, 1.54) is 0 Å². The van der Waals surface area contributed by atoms with E-state index in [0.717, 1.165) is 6.26 Å². The van der Waals surface area contributed by atoms with Gasteiger partial charge in [-0.05, 0) is 27.7 Å². The second kappa shape index (κ2) is 9.02. The van der Waals surface area contributed by atoms with Crippen LogP contribution >= 0.6 is 7.82 Å². The van der Waals surface area contributed by atoms with Gasteiger partial charge in [-0.1, -0.05) is 7.43 Å². The molecule has 0 radical (unpaired) electrons. The van der Waals surface area contributed by atoms with Crippen LogP contribution in [-0.2, 0) is 23.4 Å². The van der Waals surface area contributed by atoms with Crippen LogP contribution in [0.15, 0.2) is 0 Å². The Morgan fingerprint density at radius 3 is 1.41 bits per heavy atom. The number of phosphoric acid groups is 1. The second-order valence-corrected chi connectivity index (χ2v) is 6.29. The third-order valence-electron chi connectivity index (χ3n) is 0.715. The molecule has 0 atom stereocenters. The van der Waals surface area contributed by atoms with E-state index >= 15 is 0 Å². The molecular formula is C8H23O7PS. The predicted octanol–water partition coefficient (Wildman–Crippen LogP) is 1.51. The largest absolute Gasteiger partial charge is 0.469 e. The molecule has 0 spiro atoms. The topological polar surface area (TPSA) is 110 Å². The summed E-state index contributed by atoms with van der Waals surface area (Å²) in [7, 11) is -7.45. The third kappa shape index (κ3) is 31.4. The summed E-state index contributed by atoms with van der Waals surface area (Å²) in [4.78, 5) is 16.2. The minimum Gasteiger partial charge on any atom is -0.303 e. The Hall–Kier alpha value is 0.0200. The fourth-order valence-corrected chi connectivity index (χ4v) is 1.87. The lowest BCUT2D eigenvalue weighted by molar-refractivity contribution is 0.156. The highest BCUT2D eigenvalue weighted by Gasteiger charge is 2.14. The van der Waals surface area contributed by atoms with Gasteiger partial charge in [0.25, 0.3) is 10.1 Å². The van der Waals surface area contributed by atoms with Gasteiger partial charge in [0.05, 0.1) is 18.5 Å². The normalized spacial score (nSPS) is 11.8. The maximum atomic E-state index is 10.2. The van der Waals surface area contributed by atoms with Crippen LogP contribution in [0.5, 0.6) is 0 Å². The predicted molar refractivity (Wildman–Crippen MR) is 66.1 cm³/mol. The smallest absolute Gasteiger partial charge is 0.303 e. The molecule has 0 fully saturated rings. The first-order valence-electron chi connectivity index (χ1n) is 4.45. The van der Waals surface area contributed by atoms with Crippen LogP contribution in [0.3, 0.4) is 0 Å². The molecule has 0 aliphatic heterocycles. The van der Waals surface area contributed by atoms with Gasteiger partial charge in [-0.2, -0.15) is 8.42 Å². The quantitative estimate of drug-likeness (QED) is 0.597. The molecule has 0 bridgehead atoms. The Labute approximate surface area is 104 Å². The Bertz CT molecular complexity index is 317. The van der Waals surface area contributed by atoms with Crippen molar-refractivity contribution < 1.29 is 31.5 Å². The zero-order valence-corrected chi connectivity index (χ0v) is 11.7. The molecule has 0 unspecified atom stereocenters. The molecule has 0 aliphatic rings. The van der Waals surface area contributed by atoms with Gasteiger partial charge >= 0.3 is 7.82 Å². The highest BCUT2D eigenvalue weighted by atomic mass is 32.2. The first-order chi connectivity index (χ1) is 6.83. The average molecular weight is 294 g/mol. The number of rotatable bonds is 4. The molecule has 0 aromatic heterocycles. The highest BCUT2D eigenvalue weighted by Crippen LogP contribution is 2.37. The zero-order valence-electron chi connectivity index (χ0n) is 9.95. The molecule has 0 saturated carbocycles. The maximum Gasteiger partial charge on any atom is 0.469 e. The molecular weight excluding hydrogens is 271 g/mol. The van der Waals surface area contributed by atoms with Crippen molar-refractivity contribution in [2.75, 3.05) is 6.26 Å². The summed E-state index contributed by atoms with van der Waals surface area (Å²) in [6.07, 6.45) is 0.369. The van der Waals surface area contributed by atoms with Gasteiger partial charge in [-0.3, -0.25) is 8.71 Å². The van der Waals surface area contributed by atoms with Crippen LogP contribution in [0.25, 0.3) is 0 Å². The van der Waals surface area contributed by atoms with E-state index in [-0.39, 0.29) is 13.5 Å². The van der Waals surface area contributed by atoms with Gasteiger partial charge in [0.2, 0.25) is 0 Å². The zero-order chi connectivity index (χ0) is 13.6. The standard InChI is InChI=1S/C4H10O3S.C3H9O4P.CH4/c1-4(2)7-8(3,5)6;1-3(2)7-8(4,5)6;/h4H,1-3H3;3H,1-2H3,(H2,4,5,6);1H4. The van der Waals surface area contributed by atoms with Crippen molar-refractivity contribution in [1.29, 1.82) is 0 Å². The summed E-state index contributed by atoms with van der Waals surface area (Å²) in [6, 6.07) is 0. The van der Waals surface area contributed by atoms with E-state index in [4.69, 9.17) is 9.79 Å². The molecule has 108 valence electrons. The molecule has 17 heavy (non-hydrogen) atoms. The summed E-state index contributed by atoms with van der Waals surface area (Å²) in [5.74, 6) is 0. The monoisotopic (exact) mass is 294 g/mol. The van der Waals surface area contributed by atoms with Crippen molar-refractivity contribution in [2.24, 2.45) is 0 Å². The van der Waals surface area contributed by atoms with Crippen LogP contribution in [0.4, 0.5) is 0 Å². The first-order valence-corrected chi connectivity index (χ1v) is 7.80. The number of phosphoric ester groups is 1. The molecule has 0 saturated heterocycles. The van der Waals surface area contributed by atoms with Crippen molar-refractivity contribution in [1.82, 2.24) is 0 Å². The van der Waals surface area contributed by atoms with E-state index in [9.17, 15) is 13.0 Å². The van der Waals surface area contributed by atoms with Gasteiger partial charge < -0.3 is 9.79 Å². The molecule has 9 heteroatoms. The van der Waals surface area contributed by atoms with Gasteiger partial charge in [-0.15, -0.1) is 0 Å². The van der Waals surface area contributed by atoms with Gasteiger partial charge in [-0.25, -0.2) is 4.57 Å². The van der Waals surface area contributed by atoms with E-state index < -0.39 is 24.0 Å². The Morgan fingerprint density at radius 1 is 1.06 bits per heavy atom. The lowest BCUT2D eigenvalue weighted by Gasteiger charge is -2.06. The third-order valence-corrected chi connectivity index (χ3v) is 2.15. The van der Waals surface area contributed by atoms with Gasteiger partial charge in [0.15, 0.2) is 0 Å². The summed E-state index contributed by atoms with van der Waals surface area (Å²) >= 11 is 0. The van der Waals surface area contributed by atoms with Crippen LogP contribution in [-0.4, -0.2) is 36.7 Å². The van der Waals surface area contributed by atoms with Crippen molar-refractivity contribution in [3.63, 3.8) is 0 Å². The molecule has 0 amide bonds. The van der Waals surface area contributed by atoms with Crippen LogP contribution in [0, 0.1) is 0 Å². The summed E-state index contributed by atoms with van der Waals surface area (Å²) < 4.78 is 38.9. The minimum atomic E-state index is -4.22. The number of hydrogen-bond acceptors (Lipinski definition) is 5. The van der Waals surface area contributed by atoms with Gasteiger partial charge in [0, 0.05) is 0 Å². The fraction of sp³-hybridized carbons (Fsp3) is 1.00. The molecule has 2 N–H and O–H groups in total. The second-order valence-electron chi connectivity index (χ2n) is 3.49. The van der Waals surface area contributed by atoms with Crippen LogP contribution in [0.1, 0.15) is 35.1 Å². The van der Waals surface area contributed by atoms with E-state index in [1.807, 2.05) is 0 Å². The lowest BCUT2D eigenvalue weighted by Crippen LogP contribution is -2.09. The Kier molecular flexibility index (Phi) is 11.8. The van der Waals surface area contributed by atoms with Crippen LogP contribution < -0.4 is 0 Å². The molecule has 0 heterocycles. The average Bonchev–Trinajstić information content (AvgIpc) is 1.72. The molecule has 0 aromatic carbocycles. The van der Waals surface area contributed by atoms with Crippen molar-refractivity contribution in [2.45, 2.75) is 47.3 Å². The summed E-state index contributed by atoms with van der Waals surface area (Å²) in [5, 5.41) is 0. The maximum absolute atomic E-state index is 10.2. The summed E-state index contributed by atoms with van der Waals surface area (Å²) in [6.45, 7) is 6.44. The van der Waals surface area contributed by atoms with Crippen LogP contribution in [0.2, 0.25) is 0 Å². The number of hydrogen-bond donors (Lipinski definition) is 2. The van der Waals surface area contributed by atoms with E-state index in [2.05, 4.69) is 8.71 Å². The fourth-order valence-electron chi connectivity index (χ4n) is 0.624. The molecule has 7 nitrogen and oxygen atoms in total. The van der Waals surface area contributed by atoms with Crippen molar-refractivity contribution in [3.8, 4) is 0 Å². The van der Waals surface area contributed by atoms with Crippen molar-refractivity contribution in [3.05, 3.63) is 0 Å². The first kappa shape index (κ1) is 22.2. The lowest BCUT2D eigenvalue weighted by atomic mass is 10.5. The van der Waals surface area contributed by atoms with E-state index in [1.54, 1.807) is 27.7 Å². The molecule has 0 rings (SSSR count). The Morgan fingerprint density at radius 2 is 1.41 bits per heavy atom. The summed E-state index contributed by atoms with van der Waals surface area (Å²) in [5.41, 5.74) is 0. The molecule has 0 aliphatic carbocycles.